The molecule has 0 aliphatic carbocycles. The van der Waals surface area contributed by atoms with Gasteiger partial charge in [-0.05, 0) is 38.6 Å². The average Bonchev–Trinajstić information content (AvgIpc) is 2.15. The van der Waals surface area contributed by atoms with Crippen LogP contribution in [-0.2, 0) is 4.74 Å². The minimum Gasteiger partial charge on any atom is -0.373 e. The standard InChI is InChI=1S/C13H26N2O/c1-11-7-15(8-12(2)16-11)10-13(3)5-4-6-14-9-13/h11-12,14H,4-10H2,1-3H3. The van der Waals surface area contributed by atoms with Crippen molar-refractivity contribution in [1.82, 2.24) is 10.2 Å². The van der Waals surface area contributed by atoms with Gasteiger partial charge in [0.1, 0.15) is 0 Å². The fraction of sp³-hybridized carbons (Fsp3) is 1.00. The van der Waals surface area contributed by atoms with Crippen molar-refractivity contribution in [2.75, 3.05) is 32.7 Å². The molecule has 2 saturated heterocycles. The molecule has 2 fully saturated rings. The molecule has 1 N–H and O–H groups in total. The van der Waals surface area contributed by atoms with Gasteiger partial charge in [0.05, 0.1) is 12.2 Å². The summed E-state index contributed by atoms with van der Waals surface area (Å²) in [6.07, 6.45) is 3.47. The van der Waals surface area contributed by atoms with E-state index in [4.69, 9.17) is 4.74 Å². The molecule has 2 heterocycles. The van der Waals surface area contributed by atoms with Crippen LogP contribution in [0.3, 0.4) is 0 Å². The predicted molar refractivity (Wildman–Crippen MR) is 66.7 cm³/mol. The molecule has 0 saturated carbocycles. The lowest BCUT2D eigenvalue weighted by Crippen LogP contribution is -2.52. The molecule has 0 aromatic carbocycles. The van der Waals surface area contributed by atoms with Crippen molar-refractivity contribution in [2.24, 2.45) is 5.41 Å². The van der Waals surface area contributed by atoms with E-state index < -0.39 is 0 Å². The van der Waals surface area contributed by atoms with Crippen LogP contribution < -0.4 is 5.32 Å². The smallest absolute Gasteiger partial charge is 0.0678 e. The van der Waals surface area contributed by atoms with E-state index in [1.165, 1.54) is 32.5 Å². The highest BCUT2D eigenvalue weighted by Gasteiger charge is 2.32. The van der Waals surface area contributed by atoms with Crippen LogP contribution in [0.2, 0.25) is 0 Å². The number of rotatable bonds is 2. The van der Waals surface area contributed by atoms with E-state index in [0.29, 0.717) is 17.6 Å². The number of hydrogen-bond donors (Lipinski definition) is 1. The van der Waals surface area contributed by atoms with Crippen molar-refractivity contribution in [1.29, 1.82) is 0 Å². The first kappa shape index (κ1) is 12.3. The molecule has 0 bridgehead atoms. The van der Waals surface area contributed by atoms with E-state index in [1.807, 2.05) is 0 Å². The van der Waals surface area contributed by atoms with Gasteiger partial charge in [-0.3, -0.25) is 4.90 Å². The van der Waals surface area contributed by atoms with Gasteiger partial charge in [0.15, 0.2) is 0 Å². The quantitative estimate of drug-likeness (QED) is 0.772. The SMILES string of the molecule is CC1CN(CC2(C)CCCNC2)CC(C)O1. The molecule has 94 valence electrons. The zero-order chi connectivity index (χ0) is 11.6. The van der Waals surface area contributed by atoms with Gasteiger partial charge in [-0.25, -0.2) is 0 Å². The monoisotopic (exact) mass is 226 g/mol. The molecule has 2 rings (SSSR count). The molecule has 0 spiro atoms. The summed E-state index contributed by atoms with van der Waals surface area (Å²) in [5.41, 5.74) is 0.467. The van der Waals surface area contributed by atoms with Crippen LogP contribution in [0, 0.1) is 5.41 Å². The number of nitrogens with one attached hydrogen (secondary N) is 1. The topological polar surface area (TPSA) is 24.5 Å². The maximum Gasteiger partial charge on any atom is 0.0678 e. The van der Waals surface area contributed by atoms with E-state index in [0.717, 1.165) is 13.1 Å². The highest BCUT2D eigenvalue weighted by molar-refractivity contribution is 4.86. The molecule has 3 heteroatoms. The minimum absolute atomic E-state index is 0.392. The van der Waals surface area contributed by atoms with Gasteiger partial charge in [0, 0.05) is 26.2 Å². The molecule has 2 aliphatic heterocycles. The third kappa shape index (κ3) is 3.19. The van der Waals surface area contributed by atoms with Crippen LogP contribution in [0.5, 0.6) is 0 Å². The summed E-state index contributed by atoms with van der Waals surface area (Å²) in [6, 6.07) is 0. The van der Waals surface area contributed by atoms with Gasteiger partial charge in [-0.15, -0.1) is 0 Å². The molecule has 2 aliphatic rings. The lowest BCUT2D eigenvalue weighted by Gasteiger charge is -2.42. The third-order valence-electron chi connectivity index (χ3n) is 3.79. The summed E-state index contributed by atoms with van der Waals surface area (Å²) in [5.74, 6) is 0. The molecule has 16 heavy (non-hydrogen) atoms. The first-order valence-corrected chi connectivity index (χ1v) is 6.66. The minimum atomic E-state index is 0.392. The van der Waals surface area contributed by atoms with Crippen LogP contribution in [0.25, 0.3) is 0 Å². The van der Waals surface area contributed by atoms with E-state index in [-0.39, 0.29) is 0 Å². The van der Waals surface area contributed by atoms with Crippen LogP contribution in [0.15, 0.2) is 0 Å². The summed E-state index contributed by atoms with van der Waals surface area (Å²) < 4.78 is 5.78. The summed E-state index contributed by atoms with van der Waals surface area (Å²) >= 11 is 0. The molecule has 0 aromatic heterocycles. The average molecular weight is 226 g/mol. The van der Waals surface area contributed by atoms with Gasteiger partial charge in [0.2, 0.25) is 0 Å². The van der Waals surface area contributed by atoms with Crippen molar-refractivity contribution < 1.29 is 4.74 Å². The second kappa shape index (κ2) is 5.03. The Balaban J connectivity index is 1.87. The van der Waals surface area contributed by atoms with E-state index in [2.05, 4.69) is 31.0 Å². The highest BCUT2D eigenvalue weighted by Crippen LogP contribution is 2.27. The number of hydrogen-bond acceptors (Lipinski definition) is 3. The largest absolute Gasteiger partial charge is 0.373 e. The molecule has 0 radical (unpaired) electrons. The summed E-state index contributed by atoms with van der Waals surface area (Å²) in [5, 5.41) is 3.53. The lowest BCUT2D eigenvalue weighted by molar-refractivity contribution is -0.0779. The predicted octanol–water partition coefficient (Wildman–Crippen LogP) is 1.49. The number of ether oxygens (including phenoxy) is 1. The molecular formula is C13H26N2O. The number of nitrogens with zero attached hydrogens (tertiary/aromatic N) is 1. The number of morpholine rings is 1. The zero-order valence-corrected chi connectivity index (χ0v) is 11.0. The number of piperidine rings is 1. The lowest BCUT2D eigenvalue weighted by atomic mass is 9.82. The molecule has 0 aromatic rings. The Hall–Kier alpha value is -0.120. The van der Waals surface area contributed by atoms with E-state index in [9.17, 15) is 0 Å². The molecule has 3 nitrogen and oxygen atoms in total. The second-order valence-corrected chi connectivity index (χ2v) is 6.04. The first-order valence-electron chi connectivity index (χ1n) is 6.66. The van der Waals surface area contributed by atoms with E-state index >= 15 is 0 Å². The normalized spacial score (nSPS) is 42.2. The zero-order valence-electron chi connectivity index (χ0n) is 11.0. The van der Waals surface area contributed by atoms with Crippen molar-refractivity contribution >= 4 is 0 Å². The van der Waals surface area contributed by atoms with Crippen molar-refractivity contribution in [3.05, 3.63) is 0 Å². The van der Waals surface area contributed by atoms with Gasteiger partial charge in [0.25, 0.3) is 0 Å². The van der Waals surface area contributed by atoms with Crippen LogP contribution in [0.1, 0.15) is 33.6 Å². The molecule has 3 unspecified atom stereocenters. The summed E-state index contributed by atoms with van der Waals surface area (Å²) in [7, 11) is 0. The second-order valence-electron chi connectivity index (χ2n) is 6.04. The molecule has 3 atom stereocenters. The Morgan fingerprint density at radius 1 is 1.31 bits per heavy atom. The van der Waals surface area contributed by atoms with Gasteiger partial charge < -0.3 is 10.1 Å². The summed E-state index contributed by atoms with van der Waals surface area (Å²) in [4.78, 5) is 2.59. The molecule has 0 amide bonds. The maximum atomic E-state index is 5.78. The fourth-order valence-corrected chi connectivity index (χ4v) is 3.21. The third-order valence-corrected chi connectivity index (χ3v) is 3.79. The Labute approximate surface area is 99.5 Å². The molecular weight excluding hydrogens is 200 g/mol. The van der Waals surface area contributed by atoms with Crippen molar-refractivity contribution in [2.45, 2.75) is 45.8 Å². The van der Waals surface area contributed by atoms with Crippen LogP contribution in [0.4, 0.5) is 0 Å². The van der Waals surface area contributed by atoms with Crippen LogP contribution >= 0.6 is 0 Å². The Bertz CT molecular complexity index is 216. The summed E-state index contributed by atoms with van der Waals surface area (Å²) in [6.45, 7) is 12.6. The maximum absolute atomic E-state index is 5.78. The van der Waals surface area contributed by atoms with Crippen molar-refractivity contribution in [3.63, 3.8) is 0 Å². The Morgan fingerprint density at radius 3 is 2.56 bits per heavy atom. The first-order chi connectivity index (χ1) is 7.57. The fourth-order valence-electron chi connectivity index (χ4n) is 3.21. The van der Waals surface area contributed by atoms with Crippen LogP contribution in [-0.4, -0.2) is 49.8 Å². The Kier molecular flexibility index (Phi) is 3.88. The van der Waals surface area contributed by atoms with Crippen molar-refractivity contribution in [3.8, 4) is 0 Å². The van der Waals surface area contributed by atoms with Gasteiger partial charge in [-0.2, -0.15) is 0 Å². The van der Waals surface area contributed by atoms with E-state index in [1.54, 1.807) is 0 Å². The highest BCUT2D eigenvalue weighted by atomic mass is 16.5. The van der Waals surface area contributed by atoms with Gasteiger partial charge >= 0.3 is 0 Å². The van der Waals surface area contributed by atoms with Gasteiger partial charge in [-0.1, -0.05) is 6.92 Å². The Morgan fingerprint density at radius 2 is 2.00 bits per heavy atom.